The van der Waals surface area contributed by atoms with Crippen molar-refractivity contribution in [3.8, 4) is 11.5 Å². The lowest BCUT2D eigenvalue weighted by molar-refractivity contribution is 0.223. The molecule has 0 bridgehead atoms. The fourth-order valence-electron chi connectivity index (χ4n) is 1.30. The first-order chi connectivity index (χ1) is 7.17. The van der Waals surface area contributed by atoms with E-state index in [1.807, 2.05) is 39.0 Å². The van der Waals surface area contributed by atoms with E-state index in [0.717, 1.165) is 17.1 Å². The van der Waals surface area contributed by atoms with Crippen molar-refractivity contribution in [3.63, 3.8) is 0 Å². The average molecular weight is 209 g/mol. The van der Waals surface area contributed by atoms with Crippen molar-refractivity contribution in [2.75, 3.05) is 6.61 Å². The minimum Gasteiger partial charge on any atom is -0.490 e. The molecule has 0 amide bonds. The minimum absolute atomic E-state index is 0.136. The lowest BCUT2D eigenvalue weighted by atomic mass is 10.2. The highest BCUT2D eigenvalue weighted by atomic mass is 16.5. The van der Waals surface area contributed by atoms with E-state index in [1.54, 1.807) is 0 Å². The molecule has 3 heteroatoms. The molecule has 0 aliphatic carbocycles. The van der Waals surface area contributed by atoms with Crippen LogP contribution in [0.5, 0.6) is 11.5 Å². The summed E-state index contributed by atoms with van der Waals surface area (Å²) in [4.78, 5) is 0. The first-order valence-electron chi connectivity index (χ1n) is 5.29. The van der Waals surface area contributed by atoms with Gasteiger partial charge in [0.1, 0.15) is 0 Å². The van der Waals surface area contributed by atoms with Gasteiger partial charge in [-0.05, 0) is 38.5 Å². The van der Waals surface area contributed by atoms with E-state index in [4.69, 9.17) is 15.2 Å². The number of nitrogens with two attached hydrogens (primary N) is 1. The fraction of sp³-hybridized carbons (Fsp3) is 0.500. The van der Waals surface area contributed by atoms with Gasteiger partial charge in [-0.25, -0.2) is 0 Å². The van der Waals surface area contributed by atoms with Crippen molar-refractivity contribution in [1.82, 2.24) is 0 Å². The summed E-state index contributed by atoms with van der Waals surface area (Å²) in [5, 5.41) is 0. The van der Waals surface area contributed by atoms with Crippen molar-refractivity contribution in [1.29, 1.82) is 0 Å². The molecule has 0 unspecified atom stereocenters. The summed E-state index contributed by atoms with van der Waals surface area (Å²) >= 11 is 0. The molecule has 1 rings (SSSR count). The fourth-order valence-corrected chi connectivity index (χ4v) is 1.30. The van der Waals surface area contributed by atoms with Crippen LogP contribution in [0.3, 0.4) is 0 Å². The zero-order valence-corrected chi connectivity index (χ0v) is 9.62. The number of ether oxygens (including phenoxy) is 2. The second-order valence-electron chi connectivity index (χ2n) is 3.58. The van der Waals surface area contributed by atoms with Gasteiger partial charge in [0.25, 0.3) is 0 Å². The first-order valence-corrected chi connectivity index (χ1v) is 5.29. The largest absolute Gasteiger partial charge is 0.490 e. The lowest BCUT2D eigenvalue weighted by Gasteiger charge is -2.15. The van der Waals surface area contributed by atoms with Gasteiger partial charge in [-0.3, -0.25) is 0 Å². The van der Waals surface area contributed by atoms with E-state index >= 15 is 0 Å². The van der Waals surface area contributed by atoms with Crippen LogP contribution in [0, 0.1) is 0 Å². The third kappa shape index (κ3) is 3.44. The number of rotatable bonds is 5. The van der Waals surface area contributed by atoms with Crippen LogP contribution in [0.4, 0.5) is 0 Å². The summed E-state index contributed by atoms with van der Waals surface area (Å²) < 4.78 is 11.1. The number of hydrogen-bond acceptors (Lipinski definition) is 3. The van der Waals surface area contributed by atoms with Gasteiger partial charge >= 0.3 is 0 Å². The van der Waals surface area contributed by atoms with E-state index in [0.29, 0.717) is 13.2 Å². The van der Waals surface area contributed by atoms with E-state index in [2.05, 4.69) is 0 Å². The van der Waals surface area contributed by atoms with Crippen LogP contribution < -0.4 is 15.2 Å². The topological polar surface area (TPSA) is 44.5 Å². The van der Waals surface area contributed by atoms with E-state index in [9.17, 15) is 0 Å². The molecule has 0 aromatic heterocycles. The maximum Gasteiger partial charge on any atom is 0.161 e. The van der Waals surface area contributed by atoms with Crippen LogP contribution in [0.15, 0.2) is 18.2 Å². The van der Waals surface area contributed by atoms with Gasteiger partial charge in [0.2, 0.25) is 0 Å². The summed E-state index contributed by atoms with van der Waals surface area (Å²) in [6.07, 6.45) is 0.136. The highest BCUT2D eigenvalue weighted by molar-refractivity contribution is 5.43. The summed E-state index contributed by atoms with van der Waals surface area (Å²) in [5.74, 6) is 1.55. The standard InChI is InChI=1S/C12H19NO2/c1-4-14-11-6-5-10(8-13)7-12(11)15-9(2)3/h5-7,9H,4,8,13H2,1-3H3. The predicted octanol–water partition coefficient (Wildman–Crippen LogP) is 2.33. The second-order valence-corrected chi connectivity index (χ2v) is 3.58. The third-order valence-corrected chi connectivity index (χ3v) is 1.91. The monoisotopic (exact) mass is 209 g/mol. The van der Waals surface area contributed by atoms with Gasteiger partial charge in [0, 0.05) is 6.54 Å². The molecule has 0 heterocycles. The van der Waals surface area contributed by atoms with Gasteiger partial charge in [-0.2, -0.15) is 0 Å². The van der Waals surface area contributed by atoms with Crippen molar-refractivity contribution >= 4 is 0 Å². The van der Waals surface area contributed by atoms with Crippen LogP contribution in [-0.2, 0) is 6.54 Å². The normalized spacial score (nSPS) is 10.5. The first kappa shape index (κ1) is 11.9. The summed E-state index contributed by atoms with van der Waals surface area (Å²) in [7, 11) is 0. The maximum absolute atomic E-state index is 5.66. The Morgan fingerprint density at radius 2 is 2.00 bits per heavy atom. The molecule has 2 N–H and O–H groups in total. The zero-order chi connectivity index (χ0) is 11.3. The Hall–Kier alpha value is -1.22. The van der Waals surface area contributed by atoms with Crippen molar-refractivity contribution in [2.24, 2.45) is 5.73 Å². The van der Waals surface area contributed by atoms with Crippen LogP contribution in [-0.4, -0.2) is 12.7 Å². The minimum atomic E-state index is 0.136. The highest BCUT2D eigenvalue weighted by Gasteiger charge is 2.07. The van der Waals surface area contributed by atoms with E-state index in [1.165, 1.54) is 0 Å². The van der Waals surface area contributed by atoms with Gasteiger partial charge in [0.15, 0.2) is 11.5 Å². The van der Waals surface area contributed by atoms with E-state index in [-0.39, 0.29) is 6.10 Å². The van der Waals surface area contributed by atoms with Gasteiger partial charge in [-0.1, -0.05) is 6.07 Å². The molecule has 0 saturated carbocycles. The van der Waals surface area contributed by atoms with Crippen molar-refractivity contribution in [3.05, 3.63) is 23.8 Å². The van der Waals surface area contributed by atoms with Crippen LogP contribution >= 0.6 is 0 Å². The molecule has 0 aliphatic rings. The Labute approximate surface area is 91.2 Å². The molecular weight excluding hydrogens is 190 g/mol. The molecule has 0 atom stereocenters. The smallest absolute Gasteiger partial charge is 0.161 e. The van der Waals surface area contributed by atoms with Crippen LogP contribution in [0.2, 0.25) is 0 Å². The Balaban J connectivity index is 2.93. The predicted molar refractivity (Wildman–Crippen MR) is 61.3 cm³/mol. The van der Waals surface area contributed by atoms with Crippen molar-refractivity contribution < 1.29 is 9.47 Å². The molecule has 1 aromatic carbocycles. The molecule has 0 fully saturated rings. The summed E-state index contributed by atoms with van der Waals surface area (Å²) in [6.45, 7) is 7.09. The van der Waals surface area contributed by atoms with E-state index < -0.39 is 0 Å². The Bertz CT molecular complexity index is 310. The molecule has 0 radical (unpaired) electrons. The molecule has 0 spiro atoms. The molecule has 84 valence electrons. The van der Waals surface area contributed by atoms with Gasteiger partial charge in [0.05, 0.1) is 12.7 Å². The maximum atomic E-state index is 5.66. The average Bonchev–Trinajstić information content (AvgIpc) is 2.20. The molecule has 1 aromatic rings. The lowest BCUT2D eigenvalue weighted by Crippen LogP contribution is -2.08. The molecule has 3 nitrogen and oxygen atoms in total. The van der Waals surface area contributed by atoms with Crippen LogP contribution in [0.1, 0.15) is 26.3 Å². The molecule has 0 aliphatic heterocycles. The summed E-state index contributed by atoms with van der Waals surface area (Å²) in [5.41, 5.74) is 6.63. The SMILES string of the molecule is CCOc1ccc(CN)cc1OC(C)C. The Morgan fingerprint density at radius 3 is 2.53 bits per heavy atom. The molecular formula is C12H19NO2. The Morgan fingerprint density at radius 1 is 1.27 bits per heavy atom. The third-order valence-electron chi connectivity index (χ3n) is 1.91. The highest BCUT2D eigenvalue weighted by Crippen LogP contribution is 2.29. The second kappa shape index (κ2) is 5.61. The zero-order valence-electron chi connectivity index (χ0n) is 9.62. The van der Waals surface area contributed by atoms with Gasteiger partial charge < -0.3 is 15.2 Å². The van der Waals surface area contributed by atoms with Gasteiger partial charge in [-0.15, -0.1) is 0 Å². The summed E-state index contributed by atoms with van der Waals surface area (Å²) in [6, 6.07) is 5.80. The van der Waals surface area contributed by atoms with Crippen molar-refractivity contribution in [2.45, 2.75) is 33.4 Å². The number of hydrogen-bond donors (Lipinski definition) is 1. The molecule has 0 saturated heterocycles. The molecule has 15 heavy (non-hydrogen) atoms. The quantitative estimate of drug-likeness (QED) is 0.809. The number of benzene rings is 1. The Kier molecular flexibility index (Phi) is 4.43. The van der Waals surface area contributed by atoms with Crippen LogP contribution in [0.25, 0.3) is 0 Å².